The molecule has 140 valence electrons. The van der Waals surface area contributed by atoms with Crippen LogP contribution < -0.4 is 10.6 Å². The molecule has 0 aliphatic heterocycles. The van der Waals surface area contributed by atoms with Crippen LogP contribution in [0.5, 0.6) is 0 Å². The highest BCUT2D eigenvalue weighted by Crippen LogP contribution is 2.29. The maximum absolute atomic E-state index is 12.0. The number of fused-ring (bicyclic) bond motifs is 1. The van der Waals surface area contributed by atoms with Gasteiger partial charge in [0.2, 0.25) is 0 Å². The molecular weight excluding hydrogens is 338 g/mol. The Balaban J connectivity index is 1.87. The van der Waals surface area contributed by atoms with Crippen LogP contribution in [0.2, 0.25) is 0 Å². The first-order valence-corrected chi connectivity index (χ1v) is 9.18. The Kier molecular flexibility index (Phi) is 5.72. The summed E-state index contributed by atoms with van der Waals surface area (Å²) in [6.45, 7) is 6.20. The van der Waals surface area contributed by atoms with E-state index in [2.05, 4.69) is 35.8 Å². The first-order valence-electron chi connectivity index (χ1n) is 9.18. The lowest BCUT2D eigenvalue weighted by atomic mass is 9.98. The number of hydrogen-bond acceptors (Lipinski definition) is 3. The van der Waals surface area contributed by atoms with Crippen LogP contribution in [-0.2, 0) is 0 Å². The molecule has 0 spiro atoms. The molecule has 0 unspecified atom stereocenters. The van der Waals surface area contributed by atoms with Gasteiger partial charge in [-0.2, -0.15) is 0 Å². The van der Waals surface area contributed by atoms with Crippen LogP contribution in [0, 0.1) is 13.8 Å². The molecule has 3 N–H and O–H groups in total. The predicted octanol–water partition coefficient (Wildman–Crippen LogP) is 4.41. The normalized spacial score (nSPS) is 12.0. The monoisotopic (exact) mass is 363 g/mol. The predicted molar refractivity (Wildman–Crippen MR) is 110 cm³/mol. The molecule has 1 atom stereocenters. The Morgan fingerprint density at radius 3 is 2.63 bits per heavy atom. The zero-order valence-electron chi connectivity index (χ0n) is 15.9. The first-order chi connectivity index (χ1) is 13.0. The van der Waals surface area contributed by atoms with Crippen molar-refractivity contribution in [1.82, 2.24) is 10.3 Å². The van der Waals surface area contributed by atoms with Gasteiger partial charge >= 0.3 is 6.03 Å². The van der Waals surface area contributed by atoms with Gasteiger partial charge in [0.15, 0.2) is 0 Å². The number of aliphatic hydroxyl groups is 1. The van der Waals surface area contributed by atoms with Crippen molar-refractivity contribution in [1.29, 1.82) is 0 Å². The number of nitrogens with zero attached hydrogens (tertiary/aromatic N) is 1. The van der Waals surface area contributed by atoms with E-state index in [0.29, 0.717) is 12.1 Å². The van der Waals surface area contributed by atoms with Gasteiger partial charge in [-0.15, -0.1) is 0 Å². The van der Waals surface area contributed by atoms with Crippen molar-refractivity contribution in [3.63, 3.8) is 0 Å². The van der Waals surface area contributed by atoms with Crippen LogP contribution in [0.4, 0.5) is 10.5 Å². The second-order valence-electron chi connectivity index (χ2n) is 6.74. The number of aliphatic hydroxyl groups excluding tert-OH is 1. The van der Waals surface area contributed by atoms with Gasteiger partial charge in [-0.25, -0.2) is 4.79 Å². The van der Waals surface area contributed by atoms with E-state index in [4.69, 9.17) is 4.98 Å². The highest BCUT2D eigenvalue weighted by molar-refractivity contribution is 5.94. The number of carbonyl (C=O) groups excluding carboxylic acids is 1. The van der Waals surface area contributed by atoms with Crippen LogP contribution in [0.25, 0.3) is 22.0 Å². The third kappa shape index (κ3) is 4.44. The molecule has 0 aliphatic rings. The summed E-state index contributed by atoms with van der Waals surface area (Å²) in [5.74, 6) is 0. The number of pyridine rings is 1. The standard InChI is InChI=1S/C22H25N3O2/c1-4-18(26)13-23-22(27)25-17-9-10-21-16(11-17)12-20(15(3)24-21)19-8-6-5-7-14(19)2/h5-12,18,26H,4,13H2,1-3H3,(H2,23,25,27)/t18-/m1/s1. The lowest BCUT2D eigenvalue weighted by molar-refractivity contribution is 0.168. The number of aryl methyl sites for hydroxylation is 2. The maximum atomic E-state index is 12.0. The molecule has 2 aromatic carbocycles. The Bertz CT molecular complexity index is 969. The fraction of sp³-hybridized carbons (Fsp3) is 0.273. The third-order valence-electron chi connectivity index (χ3n) is 4.67. The Labute approximate surface area is 159 Å². The van der Waals surface area contributed by atoms with Crippen molar-refractivity contribution in [3.05, 3.63) is 59.8 Å². The van der Waals surface area contributed by atoms with E-state index in [-0.39, 0.29) is 12.6 Å². The number of rotatable bonds is 5. The number of carbonyl (C=O) groups is 1. The van der Waals surface area contributed by atoms with Crippen molar-refractivity contribution in [2.24, 2.45) is 0 Å². The number of benzene rings is 2. The van der Waals surface area contributed by atoms with Crippen LogP contribution in [0.3, 0.4) is 0 Å². The minimum Gasteiger partial charge on any atom is -0.391 e. The molecule has 0 aliphatic carbocycles. The lowest BCUT2D eigenvalue weighted by Gasteiger charge is -2.13. The SMILES string of the molecule is CC[C@@H](O)CNC(=O)Nc1ccc2nc(C)c(-c3ccccc3C)cc2c1. The van der Waals surface area contributed by atoms with Gasteiger partial charge in [-0.1, -0.05) is 31.2 Å². The fourth-order valence-electron chi connectivity index (χ4n) is 3.03. The summed E-state index contributed by atoms with van der Waals surface area (Å²) in [5, 5.41) is 16.0. The van der Waals surface area contributed by atoms with E-state index >= 15 is 0 Å². The van der Waals surface area contributed by atoms with Gasteiger partial charge in [0.05, 0.1) is 11.6 Å². The van der Waals surface area contributed by atoms with Crippen LogP contribution in [-0.4, -0.2) is 28.8 Å². The Hall–Kier alpha value is -2.92. The summed E-state index contributed by atoms with van der Waals surface area (Å²) in [7, 11) is 0. The molecular formula is C22H25N3O2. The molecule has 1 heterocycles. The third-order valence-corrected chi connectivity index (χ3v) is 4.67. The van der Waals surface area contributed by atoms with E-state index in [9.17, 15) is 9.90 Å². The number of urea groups is 1. The molecule has 1 aromatic heterocycles. The summed E-state index contributed by atoms with van der Waals surface area (Å²) in [5.41, 5.74) is 6.00. The lowest BCUT2D eigenvalue weighted by Crippen LogP contribution is -2.34. The summed E-state index contributed by atoms with van der Waals surface area (Å²) in [6, 6.07) is 15.7. The quantitative estimate of drug-likeness (QED) is 0.628. The molecule has 0 fully saturated rings. The Morgan fingerprint density at radius 1 is 1.11 bits per heavy atom. The molecule has 0 saturated heterocycles. The van der Waals surface area contributed by atoms with E-state index in [1.807, 2.05) is 44.2 Å². The van der Waals surface area contributed by atoms with Crippen molar-refractivity contribution < 1.29 is 9.90 Å². The van der Waals surface area contributed by atoms with Gasteiger partial charge in [0, 0.05) is 28.9 Å². The zero-order valence-corrected chi connectivity index (χ0v) is 15.9. The van der Waals surface area contributed by atoms with Crippen molar-refractivity contribution in [3.8, 4) is 11.1 Å². The van der Waals surface area contributed by atoms with E-state index in [0.717, 1.165) is 27.7 Å². The molecule has 0 saturated carbocycles. The topological polar surface area (TPSA) is 74.2 Å². The number of aromatic nitrogens is 1. The first kappa shape index (κ1) is 18.9. The Morgan fingerprint density at radius 2 is 1.89 bits per heavy atom. The number of nitrogens with one attached hydrogen (secondary N) is 2. The van der Waals surface area contributed by atoms with Crippen molar-refractivity contribution in [2.75, 3.05) is 11.9 Å². The van der Waals surface area contributed by atoms with Gasteiger partial charge in [-0.3, -0.25) is 4.98 Å². The van der Waals surface area contributed by atoms with Crippen LogP contribution >= 0.6 is 0 Å². The van der Waals surface area contributed by atoms with Gasteiger partial charge in [0.1, 0.15) is 0 Å². The minimum absolute atomic E-state index is 0.230. The average Bonchev–Trinajstić information content (AvgIpc) is 2.66. The van der Waals surface area contributed by atoms with Gasteiger partial charge < -0.3 is 15.7 Å². The second kappa shape index (κ2) is 8.18. The summed E-state index contributed by atoms with van der Waals surface area (Å²) < 4.78 is 0. The molecule has 5 nitrogen and oxygen atoms in total. The molecule has 2 amide bonds. The van der Waals surface area contributed by atoms with E-state index < -0.39 is 6.10 Å². The smallest absolute Gasteiger partial charge is 0.319 e. The van der Waals surface area contributed by atoms with Gasteiger partial charge in [-0.05, 0) is 55.7 Å². The molecule has 0 bridgehead atoms. The van der Waals surface area contributed by atoms with Crippen LogP contribution in [0.15, 0.2) is 48.5 Å². The number of hydrogen-bond donors (Lipinski definition) is 3. The number of amides is 2. The highest BCUT2D eigenvalue weighted by Gasteiger charge is 2.10. The minimum atomic E-state index is -0.531. The molecule has 5 heteroatoms. The maximum Gasteiger partial charge on any atom is 0.319 e. The molecule has 27 heavy (non-hydrogen) atoms. The number of anilines is 1. The second-order valence-corrected chi connectivity index (χ2v) is 6.74. The fourth-order valence-corrected chi connectivity index (χ4v) is 3.03. The van der Waals surface area contributed by atoms with Crippen molar-refractivity contribution in [2.45, 2.75) is 33.3 Å². The summed E-state index contributed by atoms with van der Waals surface area (Å²) >= 11 is 0. The molecule has 0 radical (unpaired) electrons. The van der Waals surface area contributed by atoms with E-state index in [1.54, 1.807) is 0 Å². The zero-order chi connectivity index (χ0) is 19.4. The van der Waals surface area contributed by atoms with Crippen molar-refractivity contribution >= 4 is 22.6 Å². The largest absolute Gasteiger partial charge is 0.391 e. The molecule has 3 rings (SSSR count). The van der Waals surface area contributed by atoms with E-state index in [1.165, 1.54) is 5.56 Å². The van der Waals surface area contributed by atoms with Crippen LogP contribution in [0.1, 0.15) is 24.6 Å². The summed E-state index contributed by atoms with van der Waals surface area (Å²) in [4.78, 5) is 16.7. The summed E-state index contributed by atoms with van der Waals surface area (Å²) in [6.07, 6.45) is 0.0689. The molecule has 3 aromatic rings. The highest BCUT2D eigenvalue weighted by atomic mass is 16.3. The van der Waals surface area contributed by atoms with Gasteiger partial charge in [0.25, 0.3) is 0 Å². The average molecular weight is 363 g/mol.